The van der Waals surface area contributed by atoms with E-state index in [1.54, 1.807) is 0 Å². The zero-order valence-electron chi connectivity index (χ0n) is 8.04. The van der Waals surface area contributed by atoms with Crippen molar-refractivity contribution in [3.8, 4) is 0 Å². The van der Waals surface area contributed by atoms with Gasteiger partial charge in [0.1, 0.15) is 6.54 Å². The van der Waals surface area contributed by atoms with Crippen LogP contribution < -0.4 is 0 Å². The normalized spacial score (nSPS) is 10.6. The SMILES string of the molecule is COC(=O)CN=Cc1ccc(F)c(F)c1. The molecule has 1 aromatic rings. The summed E-state index contributed by atoms with van der Waals surface area (Å²) in [7, 11) is 1.25. The summed E-state index contributed by atoms with van der Waals surface area (Å²) in [6.07, 6.45) is 1.28. The van der Waals surface area contributed by atoms with Crippen molar-refractivity contribution in [3.63, 3.8) is 0 Å². The number of carbonyl (C=O) groups is 1. The van der Waals surface area contributed by atoms with Crippen LogP contribution in [0.1, 0.15) is 5.56 Å². The number of hydrogen-bond donors (Lipinski definition) is 0. The molecule has 0 aromatic heterocycles. The number of halogens is 2. The number of benzene rings is 1. The molecule has 0 amide bonds. The molecule has 0 aliphatic rings. The Morgan fingerprint density at radius 2 is 2.20 bits per heavy atom. The molecule has 0 unspecified atom stereocenters. The lowest BCUT2D eigenvalue weighted by Gasteiger charge is -1.95. The van der Waals surface area contributed by atoms with E-state index < -0.39 is 17.6 Å². The van der Waals surface area contributed by atoms with Gasteiger partial charge in [0.25, 0.3) is 0 Å². The number of ether oxygens (including phenoxy) is 1. The van der Waals surface area contributed by atoms with E-state index in [2.05, 4.69) is 9.73 Å². The third-order valence-corrected chi connectivity index (χ3v) is 1.63. The highest BCUT2D eigenvalue weighted by molar-refractivity contribution is 5.82. The van der Waals surface area contributed by atoms with Crippen LogP contribution in [0.5, 0.6) is 0 Å². The summed E-state index contributed by atoms with van der Waals surface area (Å²) in [5.74, 6) is -2.36. The van der Waals surface area contributed by atoms with Crippen molar-refractivity contribution in [2.24, 2.45) is 4.99 Å². The molecule has 80 valence electrons. The molecule has 1 aromatic carbocycles. The second-order valence-electron chi connectivity index (χ2n) is 2.72. The van der Waals surface area contributed by atoms with Gasteiger partial charge in [-0.05, 0) is 17.7 Å². The third kappa shape index (κ3) is 3.46. The summed E-state index contributed by atoms with van der Waals surface area (Å²) < 4.78 is 29.6. The monoisotopic (exact) mass is 213 g/mol. The van der Waals surface area contributed by atoms with Gasteiger partial charge >= 0.3 is 5.97 Å². The molecule has 0 N–H and O–H groups in total. The van der Waals surface area contributed by atoms with Gasteiger partial charge in [0.15, 0.2) is 11.6 Å². The average Bonchev–Trinajstić information content (AvgIpc) is 2.23. The van der Waals surface area contributed by atoms with Gasteiger partial charge in [0.05, 0.1) is 7.11 Å². The third-order valence-electron chi connectivity index (χ3n) is 1.63. The largest absolute Gasteiger partial charge is 0.468 e. The molecule has 0 aliphatic heterocycles. The van der Waals surface area contributed by atoms with Gasteiger partial charge in [0, 0.05) is 6.21 Å². The number of rotatable bonds is 3. The van der Waals surface area contributed by atoms with Crippen molar-refractivity contribution in [2.45, 2.75) is 0 Å². The minimum Gasteiger partial charge on any atom is -0.468 e. The fourth-order valence-corrected chi connectivity index (χ4v) is 0.883. The Labute approximate surface area is 85.4 Å². The van der Waals surface area contributed by atoms with Crippen LogP contribution in [0.3, 0.4) is 0 Å². The van der Waals surface area contributed by atoms with Gasteiger partial charge < -0.3 is 4.74 Å². The predicted molar refractivity (Wildman–Crippen MR) is 50.8 cm³/mol. The van der Waals surface area contributed by atoms with Gasteiger partial charge in [-0.3, -0.25) is 9.79 Å². The minimum atomic E-state index is -0.947. The first kappa shape index (κ1) is 11.3. The summed E-state index contributed by atoms with van der Waals surface area (Å²) in [5.41, 5.74) is 0.387. The lowest BCUT2D eigenvalue weighted by molar-refractivity contribution is -0.138. The van der Waals surface area contributed by atoms with Crippen molar-refractivity contribution in [3.05, 3.63) is 35.4 Å². The lowest BCUT2D eigenvalue weighted by Crippen LogP contribution is -2.04. The Balaban J connectivity index is 2.65. The Hall–Kier alpha value is -1.78. The standard InChI is InChI=1S/C10H9F2NO2/c1-15-10(14)6-13-5-7-2-3-8(11)9(12)4-7/h2-5H,6H2,1H3. The number of nitrogens with zero attached hydrogens (tertiary/aromatic N) is 1. The molecule has 5 heteroatoms. The molecule has 0 saturated carbocycles. The Morgan fingerprint density at radius 3 is 2.80 bits per heavy atom. The van der Waals surface area contributed by atoms with Gasteiger partial charge in [-0.15, -0.1) is 0 Å². The van der Waals surface area contributed by atoms with Crippen LogP contribution >= 0.6 is 0 Å². The van der Waals surface area contributed by atoms with Gasteiger partial charge in [-0.25, -0.2) is 8.78 Å². The van der Waals surface area contributed by atoms with Crippen LogP contribution in [0.4, 0.5) is 8.78 Å². The fourth-order valence-electron chi connectivity index (χ4n) is 0.883. The van der Waals surface area contributed by atoms with E-state index in [0.717, 1.165) is 12.1 Å². The van der Waals surface area contributed by atoms with E-state index in [9.17, 15) is 13.6 Å². The maximum atomic E-state index is 12.7. The van der Waals surface area contributed by atoms with Crippen molar-refractivity contribution in [2.75, 3.05) is 13.7 Å². The predicted octanol–water partition coefficient (Wildman–Crippen LogP) is 1.56. The summed E-state index contributed by atoms with van der Waals surface area (Å²) in [5, 5.41) is 0. The average molecular weight is 213 g/mol. The summed E-state index contributed by atoms with van der Waals surface area (Å²) in [6.45, 7) is -0.143. The number of aliphatic imine (C=N–C) groups is 1. The van der Waals surface area contributed by atoms with E-state index >= 15 is 0 Å². The molecule has 0 spiro atoms. The molecular weight excluding hydrogens is 204 g/mol. The molecule has 0 radical (unpaired) electrons. The van der Waals surface area contributed by atoms with Gasteiger partial charge in [-0.2, -0.15) is 0 Å². The van der Waals surface area contributed by atoms with Crippen molar-refractivity contribution < 1.29 is 18.3 Å². The first-order valence-corrected chi connectivity index (χ1v) is 4.15. The molecule has 0 atom stereocenters. The zero-order chi connectivity index (χ0) is 11.3. The number of carbonyl (C=O) groups excluding carboxylic acids is 1. The Bertz CT molecular complexity index is 391. The number of hydrogen-bond acceptors (Lipinski definition) is 3. The first-order valence-electron chi connectivity index (χ1n) is 4.15. The smallest absolute Gasteiger partial charge is 0.327 e. The molecule has 0 fully saturated rings. The summed E-state index contributed by atoms with van der Waals surface area (Å²) in [6, 6.07) is 3.35. The topological polar surface area (TPSA) is 38.7 Å². The maximum absolute atomic E-state index is 12.7. The van der Waals surface area contributed by atoms with Crippen LogP contribution in [0, 0.1) is 11.6 Å². The van der Waals surface area contributed by atoms with Crippen molar-refractivity contribution in [1.29, 1.82) is 0 Å². The summed E-state index contributed by atoms with van der Waals surface area (Å²) >= 11 is 0. The highest BCUT2D eigenvalue weighted by atomic mass is 19.2. The molecule has 0 saturated heterocycles. The maximum Gasteiger partial charge on any atom is 0.327 e. The zero-order valence-corrected chi connectivity index (χ0v) is 8.04. The number of methoxy groups -OCH3 is 1. The molecule has 15 heavy (non-hydrogen) atoms. The van der Waals surface area contributed by atoms with Crippen molar-refractivity contribution in [1.82, 2.24) is 0 Å². The van der Waals surface area contributed by atoms with Crippen LogP contribution in [0.15, 0.2) is 23.2 Å². The second kappa shape index (κ2) is 5.19. The van der Waals surface area contributed by atoms with Gasteiger partial charge in [0.2, 0.25) is 0 Å². The van der Waals surface area contributed by atoms with Crippen LogP contribution in [0.25, 0.3) is 0 Å². The van der Waals surface area contributed by atoms with Crippen molar-refractivity contribution >= 4 is 12.2 Å². The van der Waals surface area contributed by atoms with Crippen LogP contribution in [-0.2, 0) is 9.53 Å². The number of esters is 1. The highest BCUT2D eigenvalue weighted by Gasteiger charge is 2.00. The lowest BCUT2D eigenvalue weighted by atomic mass is 10.2. The molecule has 0 aliphatic carbocycles. The quantitative estimate of drug-likeness (QED) is 0.564. The molecule has 1 rings (SSSR count). The molecule has 3 nitrogen and oxygen atoms in total. The summed E-state index contributed by atoms with van der Waals surface area (Å²) in [4.78, 5) is 14.3. The van der Waals surface area contributed by atoms with E-state index in [1.807, 2.05) is 0 Å². The van der Waals surface area contributed by atoms with E-state index in [4.69, 9.17) is 0 Å². The fraction of sp³-hybridized carbons (Fsp3) is 0.200. The van der Waals surface area contributed by atoms with E-state index in [0.29, 0.717) is 5.56 Å². The molecule has 0 bridgehead atoms. The van der Waals surface area contributed by atoms with E-state index in [-0.39, 0.29) is 6.54 Å². The Kier molecular flexibility index (Phi) is 3.91. The molecule has 0 heterocycles. The minimum absolute atomic E-state index is 0.143. The molecular formula is C10H9F2NO2. The van der Waals surface area contributed by atoms with E-state index in [1.165, 1.54) is 19.4 Å². The Morgan fingerprint density at radius 1 is 1.47 bits per heavy atom. The van der Waals surface area contributed by atoms with Gasteiger partial charge in [-0.1, -0.05) is 6.07 Å². The second-order valence-corrected chi connectivity index (χ2v) is 2.72. The highest BCUT2D eigenvalue weighted by Crippen LogP contribution is 2.06. The van der Waals surface area contributed by atoms with Crippen LogP contribution in [-0.4, -0.2) is 25.8 Å². The first-order chi connectivity index (χ1) is 7.13. The van der Waals surface area contributed by atoms with Crippen LogP contribution in [0.2, 0.25) is 0 Å².